The number of aromatic amines is 1. The van der Waals surface area contributed by atoms with E-state index < -0.39 is 0 Å². The molecule has 1 saturated heterocycles. The normalized spacial score (nSPS) is 19.1. The number of nitrogens with zero attached hydrogens (tertiary/aromatic N) is 2. The Bertz CT molecular complexity index is 601. The summed E-state index contributed by atoms with van der Waals surface area (Å²) >= 11 is 1.53. The zero-order chi connectivity index (χ0) is 13.4. The van der Waals surface area contributed by atoms with Crippen LogP contribution in [0.3, 0.4) is 0 Å². The van der Waals surface area contributed by atoms with Crippen LogP contribution in [0, 0.1) is 13.8 Å². The average Bonchev–Trinajstić information content (AvgIpc) is 3.07. The molecule has 5 heteroatoms. The molecule has 1 amide bonds. The number of H-pyrrole nitrogens is 1. The fourth-order valence-corrected chi connectivity index (χ4v) is 3.50. The van der Waals surface area contributed by atoms with Crippen molar-refractivity contribution in [2.45, 2.75) is 32.7 Å². The van der Waals surface area contributed by atoms with Gasteiger partial charge in [-0.1, -0.05) is 0 Å². The lowest BCUT2D eigenvalue weighted by molar-refractivity contribution is 0.0734. The van der Waals surface area contributed by atoms with Gasteiger partial charge >= 0.3 is 0 Å². The number of amides is 1. The van der Waals surface area contributed by atoms with E-state index in [9.17, 15) is 4.79 Å². The van der Waals surface area contributed by atoms with E-state index in [0.717, 1.165) is 41.3 Å². The van der Waals surface area contributed by atoms with Gasteiger partial charge in [0, 0.05) is 18.4 Å². The Hall–Kier alpha value is -1.62. The molecule has 0 saturated carbocycles. The fourth-order valence-electron chi connectivity index (χ4n) is 2.62. The molecular formula is C14H17N3OS. The zero-order valence-electron chi connectivity index (χ0n) is 11.1. The average molecular weight is 275 g/mol. The van der Waals surface area contributed by atoms with Gasteiger partial charge in [0.2, 0.25) is 0 Å². The van der Waals surface area contributed by atoms with Crippen LogP contribution in [0.1, 0.15) is 45.6 Å². The Kier molecular flexibility index (Phi) is 3.14. The van der Waals surface area contributed by atoms with Gasteiger partial charge in [0.15, 0.2) is 0 Å². The highest BCUT2D eigenvalue weighted by Gasteiger charge is 2.33. The maximum absolute atomic E-state index is 12.6. The molecule has 1 aliphatic rings. The number of rotatable bonds is 2. The first-order valence-corrected chi connectivity index (χ1v) is 7.41. The molecule has 1 aliphatic heterocycles. The topological polar surface area (TPSA) is 49.0 Å². The van der Waals surface area contributed by atoms with Crippen LogP contribution in [0.15, 0.2) is 17.6 Å². The Morgan fingerprint density at radius 1 is 1.53 bits per heavy atom. The van der Waals surface area contributed by atoms with Crippen molar-refractivity contribution < 1.29 is 4.79 Å². The number of carbonyl (C=O) groups is 1. The molecular weight excluding hydrogens is 258 g/mol. The number of hydrogen-bond donors (Lipinski definition) is 1. The number of likely N-dealkylation sites (tertiary alicyclic amines) is 1. The number of nitrogens with one attached hydrogen (secondary N) is 1. The number of imidazole rings is 1. The van der Waals surface area contributed by atoms with Crippen LogP contribution in [-0.4, -0.2) is 27.3 Å². The SMILES string of the molecule is Cc1cnc(C2CCCN2C(=O)c2sccc2C)[nH]1. The van der Waals surface area contributed by atoms with Gasteiger partial charge in [0.05, 0.1) is 10.9 Å². The third-order valence-electron chi connectivity index (χ3n) is 3.61. The first kappa shape index (κ1) is 12.4. The molecule has 3 rings (SSSR count). The third kappa shape index (κ3) is 2.18. The van der Waals surface area contributed by atoms with Crippen LogP contribution in [0.25, 0.3) is 0 Å². The lowest BCUT2D eigenvalue weighted by Crippen LogP contribution is -2.30. The number of thiophene rings is 1. The lowest BCUT2D eigenvalue weighted by Gasteiger charge is -2.23. The highest BCUT2D eigenvalue weighted by molar-refractivity contribution is 7.12. The summed E-state index contributed by atoms with van der Waals surface area (Å²) in [5.74, 6) is 1.06. The summed E-state index contributed by atoms with van der Waals surface area (Å²) in [4.78, 5) is 23.1. The summed E-state index contributed by atoms with van der Waals surface area (Å²) in [6.45, 7) is 4.80. The van der Waals surface area contributed by atoms with Crippen LogP contribution in [-0.2, 0) is 0 Å². The molecule has 19 heavy (non-hydrogen) atoms. The second-order valence-corrected chi connectivity index (χ2v) is 5.96. The lowest BCUT2D eigenvalue weighted by atomic mass is 10.2. The van der Waals surface area contributed by atoms with E-state index in [2.05, 4.69) is 9.97 Å². The minimum Gasteiger partial charge on any atom is -0.344 e. The van der Waals surface area contributed by atoms with Crippen LogP contribution >= 0.6 is 11.3 Å². The fraction of sp³-hybridized carbons (Fsp3) is 0.429. The summed E-state index contributed by atoms with van der Waals surface area (Å²) in [6, 6.07) is 2.10. The Labute approximate surface area is 116 Å². The minimum absolute atomic E-state index is 0.0997. The van der Waals surface area contributed by atoms with Crippen LogP contribution < -0.4 is 0 Å². The summed E-state index contributed by atoms with van der Waals surface area (Å²) in [7, 11) is 0. The minimum atomic E-state index is 0.0997. The molecule has 0 spiro atoms. The van der Waals surface area contributed by atoms with Crippen molar-refractivity contribution in [3.8, 4) is 0 Å². The molecule has 0 bridgehead atoms. The molecule has 1 fully saturated rings. The predicted octanol–water partition coefficient (Wildman–Crippen LogP) is 3.07. The molecule has 2 aromatic heterocycles. The molecule has 0 radical (unpaired) electrons. The first-order chi connectivity index (χ1) is 9.16. The van der Waals surface area contributed by atoms with Crippen molar-refractivity contribution in [3.05, 3.63) is 39.6 Å². The van der Waals surface area contributed by atoms with E-state index in [1.165, 1.54) is 11.3 Å². The van der Waals surface area contributed by atoms with Gasteiger partial charge in [-0.25, -0.2) is 4.98 Å². The van der Waals surface area contributed by atoms with E-state index in [1.54, 1.807) is 0 Å². The second-order valence-electron chi connectivity index (χ2n) is 5.04. The Morgan fingerprint density at radius 3 is 3.00 bits per heavy atom. The third-order valence-corrected chi connectivity index (χ3v) is 4.61. The zero-order valence-corrected chi connectivity index (χ0v) is 12.0. The standard InChI is InChI=1S/C14H17N3OS/c1-9-5-7-19-12(9)14(18)17-6-3-4-11(17)13-15-8-10(2)16-13/h5,7-8,11H,3-4,6H2,1-2H3,(H,15,16). The van der Waals surface area contributed by atoms with Crippen LogP contribution in [0.2, 0.25) is 0 Å². The second kappa shape index (κ2) is 4.81. The van der Waals surface area contributed by atoms with Crippen molar-refractivity contribution in [2.24, 2.45) is 0 Å². The quantitative estimate of drug-likeness (QED) is 0.915. The number of aryl methyl sites for hydroxylation is 2. The van der Waals surface area contributed by atoms with E-state index in [4.69, 9.17) is 0 Å². The number of carbonyl (C=O) groups excluding carboxylic acids is 1. The van der Waals surface area contributed by atoms with Crippen LogP contribution in [0.4, 0.5) is 0 Å². The predicted molar refractivity (Wildman–Crippen MR) is 75.4 cm³/mol. The molecule has 0 aliphatic carbocycles. The maximum atomic E-state index is 12.6. The van der Waals surface area contributed by atoms with Gasteiger partial charge in [0.1, 0.15) is 5.82 Å². The van der Waals surface area contributed by atoms with Gasteiger partial charge in [-0.15, -0.1) is 11.3 Å². The van der Waals surface area contributed by atoms with E-state index in [0.29, 0.717) is 0 Å². The maximum Gasteiger partial charge on any atom is 0.264 e. The van der Waals surface area contributed by atoms with E-state index in [1.807, 2.05) is 36.4 Å². The van der Waals surface area contributed by atoms with Gasteiger partial charge < -0.3 is 9.88 Å². The Balaban J connectivity index is 1.88. The van der Waals surface area contributed by atoms with Crippen molar-refractivity contribution in [3.63, 3.8) is 0 Å². The van der Waals surface area contributed by atoms with Gasteiger partial charge in [-0.3, -0.25) is 4.79 Å². The van der Waals surface area contributed by atoms with Gasteiger partial charge in [-0.05, 0) is 43.7 Å². The highest BCUT2D eigenvalue weighted by atomic mass is 32.1. The summed E-state index contributed by atoms with van der Waals surface area (Å²) in [6.07, 6.45) is 3.86. The first-order valence-electron chi connectivity index (χ1n) is 6.53. The molecule has 4 nitrogen and oxygen atoms in total. The van der Waals surface area contributed by atoms with E-state index in [-0.39, 0.29) is 11.9 Å². The van der Waals surface area contributed by atoms with Gasteiger partial charge in [0.25, 0.3) is 5.91 Å². The molecule has 1 N–H and O–H groups in total. The van der Waals surface area contributed by atoms with E-state index >= 15 is 0 Å². The number of hydrogen-bond acceptors (Lipinski definition) is 3. The van der Waals surface area contributed by atoms with Crippen molar-refractivity contribution in [2.75, 3.05) is 6.54 Å². The summed E-state index contributed by atoms with van der Waals surface area (Å²) in [5, 5.41) is 1.98. The van der Waals surface area contributed by atoms with Gasteiger partial charge in [-0.2, -0.15) is 0 Å². The van der Waals surface area contributed by atoms with Crippen LogP contribution in [0.5, 0.6) is 0 Å². The monoisotopic (exact) mass is 275 g/mol. The highest BCUT2D eigenvalue weighted by Crippen LogP contribution is 2.32. The summed E-state index contributed by atoms with van der Waals surface area (Å²) < 4.78 is 0. The smallest absolute Gasteiger partial charge is 0.264 e. The molecule has 1 unspecified atom stereocenters. The molecule has 2 aromatic rings. The van der Waals surface area contributed by atoms with Crippen molar-refractivity contribution in [1.82, 2.24) is 14.9 Å². The number of aromatic nitrogens is 2. The largest absolute Gasteiger partial charge is 0.344 e. The summed E-state index contributed by atoms with van der Waals surface area (Å²) in [5.41, 5.74) is 2.11. The molecule has 1 atom stereocenters. The molecule has 3 heterocycles. The Morgan fingerprint density at radius 2 is 2.37 bits per heavy atom. The molecule has 0 aromatic carbocycles. The molecule has 100 valence electrons. The van der Waals surface area contributed by atoms with Crippen molar-refractivity contribution in [1.29, 1.82) is 0 Å². The van der Waals surface area contributed by atoms with Crippen molar-refractivity contribution >= 4 is 17.2 Å².